The molecule has 0 amide bonds. The van der Waals surface area contributed by atoms with Gasteiger partial charge in [-0.1, -0.05) is 36.2 Å². The molecule has 3 rings (SSSR count). The van der Waals surface area contributed by atoms with Crippen LogP contribution in [0.3, 0.4) is 0 Å². The molecule has 0 unspecified atom stereocenters. The van der Waals surface area contributed by atoms with Gasteiger partial charge in [-0.3, -0.25) is 4.72 Å². The SMILES string of the molecule is O=S(=O)(/C=C/c1ccc(Cl)cc1)Nc1cccc(S(=O)(=O)N2CCCCC2)c1. The van der Waals surface area contributed by atoms with Gasteiger partial charge in [-0.2, -0.15) is 4.31 Å². The Balaban J connectivity index is 1.77. The van der Waals surface area contributed by atoms with Gasteiger partial charge in [-0.05, 0) is 54.8 Å². The van der Waals surface area contributed by atoms with E-state index in [2.05, 4.69) is 4.72 Å². The summed E-state index contributed by atoms with van der Waals surface area (Å²) in [6, 6.07) is 12.6. The van der Waals surface area contributed by atoms with Crippen LogP contribution in [0.1, 0.15) is 24.8 Å². The van der Waals surface area contributed by atoms with Crippen LogP contribution in [-0.4, -0.2) is 34.2 Å². The lowest BCUT2D eigenvalue weighted by molar-refractivity contribution is 0.346. The Morgan fingerprint density at radius 2 is 1.61 bits per heavy atom. The van der Waals surface area contributed by atoms with Gasteiger partial charge in [0.05, 0.1) is 16.0 Å². The zero-order valence-corrected chi connectivity index (χ0v) is 17.5. The van der Waals surface area contributed by atoms with Crippen LogP contribution in [0.4, 0.5) is 5.69 Å². The van der Waals surface area contributed by atoms with Crippen LogP contribution in [0.5, 0.6) is 0 Å². The third-order valence-corrected chi connectivity index (χ3v) is 7.52. The van der Waals surface area contributed by atoms with Crippen molar-refractivity contribution in [3.05, 3.63) is 64.5 Å². The van der Waals surface area contributed by atoms with Crippen LogP contribution in [0.25, 0.3) is 6.08 Å². The molecule has 0 aliphatic carbocycles. The lowest BCUT2D eigenvalue weighted by Gasteiger charge is -2.26. The van der Waals surface area contributed by atoms with Gasteiger partial charge in [0.25, 0.3) is 10.0 Å². The predicted molar refractivity (Wildman–Crippen MR) is 112 cm³/mol. The van der Waals surface area contributed by atoms with Crippen LogP contribution in [0, 0.1) is 0 Å². The maximum Gasteiger partial charge on any atom is 0.255 e. The zero-order chi connectivity index (χ0) is 20.2. The highest BCUT2D eigenvalue weighted by Gasteiger charge is 2.26. The van der Waals surface area contributed by atoms with Crippen molar-refractivity contribution in [1.29, 1.82) is 0 Å². The van der Waals surface area contributed by atoms with E-state index >= 15 is 0 Å². The summed E-state index contributed by atoms with van der Waals surface area (Å²) in [5.74, 6) is 0. The molecule has 0 aromatic heterocycles. The normalized spacial score (nSPS) is 16.3. The molecule has 2 aromatic carbocycles. The molecule has 9 heteroatoms. The number of piperidine rings is 1. The van der Waals surface area contributed by atoms with E-state index in [9.17, 15) is 16.8 Å². The number of hydrogen-bond acceptors (Lipinski definition) is 4. The molecule has 1 fully saturated rings. The highest BCUT2D eigenvalue weighted by Crippen LogP contribution is 2.23. The number of hydrogen-bond donors (Lipinski definition) is 1. The molecule has 150 valence electrons. The Morgan fingerprint density at radius 3 is 2.29 bits per heavy atom. The fourth-order valence-corrected chi connectivity index (χ4v) is 5.46. The minimum Gasteiger partial charge on any atom is -0.280 e. The maximum absolute atomic E-state index is 12.8. The average molecular weight is 441 g/mol. The quantitative estimate of drug-likeness (QED) is 0.737. The number of nitrogens with zero attached hydrogens (tertiary/aromatic N) is 1. The third kappa shape index (κ3) is 5.35. The van der Waals surface area contributed by atoms with Gasteiger partial charge >= 0.3 is 0 Å². The largest absolute Gasteiger partial charge is 0.280 e. The monoisotopic (exact) mass is 440 g/mol. The summed E-state index contributed by atoms with van der Waals surface area (Å²) in [6.07, 6.45) is 4.13. The molecule has 0 spiro atoms. The predicted octanol–water partition coefficient (Wildman–Crippen LogP) is 3.93. The number of benzene rings is 2. The van der Waals surface area contributed by atoms with Gasteiger partial charge in [-0.15, -0.1) is 0 Å². The second kappa shape index (κ2) is 8.65. The maximum atomic E-state index is 12.8. The average Bonchev–Trinajstić information content (AvgIpc) is 2.68. The summed E-state index contributed by atoms with van der Waals surface area (Å²) in [7, 11) is -7.43. The molecule has 0 bridgehead atoms. The summed E-state index contributed by atoms with van der Waals surface area (Å²) in [5.41, 5.74) is 0.870. The standard InChI is InChI=1S/C19H21ClN2O4S2/c20-17-9-7-16(8-10-17)11-14-27(23,24)21-18-5-4-6-19(15-18)28(25,26)22-12-2-1-3-13-22/h4-11,14-15,21H,1-3,12-13H2/b14-11+. The van der Waals surface area contributed by atoms with Crippen molar-refractivity contribution < 1.29 is 16.8 Å². The Morgan fingerprint density at radius 1 is 0.929 bits per heavy atom. The molecule has 0 atom stereocenters. The van der Waals surface area contributed by atoms with E-state index in [1.807, 2.05) is 0 Å². The second-order valence-corrected chi connectivity index (χ2v) is 10.4. The Bertz CT molecular complexity index is 1060. The van der Waals surface area contributed by atoms with Gasteiger partial charge in [-0.25, -0.2) is 16.8 Å². The molecular formula is C19H21ClN2O4S2. The van der Waals surface area contributed by atoms with E-state index in [-0.39, 0.29) is 10.6 Å². The summed E-state index contributed by atoms with van der Waals surface area (Å²) < 4.78 is 54.0. The van der Waals surface area contributed by atoms with Crippen LogP contribution >= 0.6 is 11.6 Å². The van der Waals surface area contributed by atoms with E-state index in [0.29, 0.717) is 23.7 Å². The highest BCUT2D eigenvalue weighted by atomic mass is 35.5. The van der Waals surface area contributed by atoms with Crippen LogP contribution in [0.15, 0.2) is 58.8 Å². The smallest absolute Gasteiger partial charge is 0.255 e. The first-order chi connectivity index (χ1) is 13.3. The molecule has 1 saturated heterocycles. The van der Waals surface area contributed by atoms with Gasteiger partial charge in [0.2, 0.25) is 10.0 Å². The number of anilines is 1. The van der Waals surface area contributed by atoms with Crippen LogP contribution < -0.4 is 4.72 Å². The minimum absolute atomic E-state index is 0.0799. The van der Waals surface area contributed by atoms with Crippen LogP contribution in [0.2, 0.25) is 5.02 Å². The van der Waals surface area contributed by atoms with E-state index < -0.39 is 20.0 Å². The van der Waals surface area contributed by atoms with Crippen molar-refractivity contribution in [3.8, 4) is 0 Å². The van der Waals surface area contributed by atoms with Gasteiger partial charge in [0.15, 0.2) is 0 Å². The molecule has 0 radical (unpaired) electrons. The van der Waals surface area contributed by atoms with Crippen molar-refractivity contribution in [2.45, 2.75) is 24.2 Å². The molecule has 6 nitrogen and oxygen atoms in total. The summed E-state index contributed by atoms with van der Waals surface area (Å²) in [4.78, 5) is 0.0799. The van der Waals surface area contributed by atoms with E-state index in [4.69, 9.17) is 11.6 Å². The first-order valence-electron chi connectivity index (χ1n) is 8.83. The Hall–Kier alpha value is -1.87. The van der Waals surface area contributed by atoms with E-state index in [1.54, 1.807) is 24.3 Å². The number of sulfonamides is 2. The van der Waals surface area contributed by atoms with Crippen molar-refractivity contribution in [1.82, 2.24) is 4.31 Å². The third-order valence-electron chi connectivity index (χ3n) is 4.36. The minimum atomic E-state index is -3.80. The van der Waals surface area contributed by atoms with Crippen molar-refractivity contribution in [3.63, 3.8) is 0 Å². The van der Waals surface area contributed by atoms with E-state index in [1.165, 1.54) is 34.6 Å². The fourth-order valence-electron chi connectivity index (χ4n) is 2.91. The molecule has 0 saturated carbocycles. The van der Waals surface area contributed by atoms with Crippen molar-refractivity contribution in [2.75, 3.05) is 17.8 Å². The fraction of sp³-hybridized carbons (Fsp3) is 0.263. The second-order valence-electron chi connectivity index (χ2n) is 6.49. The molecule has 1 N–H and O–H groups in total. The number of rotatable bonds is 6. The molecule has 2 aromatic rings. The van der Waals surface area contributed by atoms with Gasteiger partial charge in [0.1, 0.15) is 0 Å². The van der Waals surface area contributed by atoms with Crippen LogP contribution in [-0.2, 0) is 20.0 Å². The number of halogens is 1. The lowest BCUT2D eigenvalue weighted by atomic mass is 10.2. The molecular weight excluding hydrogens is 420 g/mol. The van der Waals surface area contributed by atoms with E-state index in [0.717, 1.165) is 24.7 Å². The summed E-state index contributed by atoms with van der Waals surface area (Å²) in [6.45, 7) is 0.976. The van der Waals surface area contributed by atoms with Gasteiger partial charge in [0, 0.05) is 18.1 Å². The topological polar surface area (TPSA) is 83.5 Å². The summed E-state index contributed by atoms with van der Waals surface area (Å²) >= 11 is 5.81. The number of nitrogens with one attached hydrogen (secondary N) is 1. The first-order valence-corrected chi connectivity index (χ1v) is 12.2. The molecule has 1 aliphatic rings. The highest BCUT2D eigenvalue weighted by molar-refractivity contribution is 7.95. The lowest BCUT2D eigenvalue weighted by Crippen LogP contribution is -2.35. The first kappa shape index (κ1) is 20.9. The van der Waals surface area contributed by atoms with Crippen molar-refractivity contribution >= 4 is 43.4 Å². The van der Waals surface area contributed by atoms with Gasteiger partial charge < -0.3 is 0 Å². The molecule has 1 heterocycles. The Labute approximate surface area is 170 Å². The zero-order valence-electron chi connectivity index (χ0n) is 15.1. The summed E-state index contributed by atoms with van der Waals surface area (Å²) in [5, 5.41) is 1.59. The Kier molecular flexibility index (Phi) is 6.44. The van der Waals surface area contributed by atoms with Crippen molar-refractivity contribution in [2.24, 2.45) is 0 Å². The molecule has 28 heavy (non-hydrogen) atoms. The molecule has 1 aliphatic heterocycles.